The number of aromatic nitrogens is 2. The average molecular weight is 417 g/mol. The summed E-state index contributed by atoms with van der Waals surface area (Å²) in [6, 6.07) is 9.87. The minimum absolute atomic E-state index is 0.174. The number of sulfonamides is 1. The van der Waals surface area contributed by atoms with Crippen LogP contribution in [0.2, 0.25) is 0 Å². The van der Waals surface area contributed by atoms with E-state index in [-0.39, 0.29) is 11.5 Å². The maximum Gasteiger partial charge on any atom is 0.338 e. The predicted molar refractivity (Wildman–Crippen MR) is 107 cm³/mol. The van der Waals surface area contributed by atoms with E-state index >= 15 is 0 Å². The highest BCUT2D eigenvalue weighted by atomic mass is 32.2. The third-order valence-corrected chi connectivity index (χ3v) is 7.15. The molecule has 2 fully saturated rings. The highest BCUT2D eigenvalue weighted by Gasteiger charge is 2.30. The quantitative estimate of drug-likeness (QED) is 0.665. The van der Waals surface area contributed by atoms with E-state index in [9.17, 15) is 13.2 Å². The Morgan fingerprint density at radius 3 is 2.28 bits per heavy atom. The number of piperazine rings is 1. The van der Waals surface area contributed by atoms with Crippen molar-refractivity contribution < 1.29 is 17.9 Å². The number of ether oxygens (including phenoxy) is 1. The maximum atomic E-state index is 12.9. The van der Waals surface area contributed by atoms with Crippen molar-refractivity contribution in [2.24, 2.45) is 0 Å². The number of carbonyl (C=O) groups is 1. The van der Waals surface area contributed by atoms with E-state index in [0.29, 0.717) is 37.7 Å². The molecule has 1 aromatic carbocycles. The van der Waals surface area contributed by atoms with Crippen LogP contribution in [0.4, 0.5) is 5.82 Å². The van der Waals surface area contributed by atoms with Gasteiger partial charge < -0.3 is 9.64 Å². The molecule has 0 N–H and O–H groups in total. The van der Waals surface area contributed by atoms with Crippen molar-refractivity contribution in [2.75, 3.05) is 37.7 Å². The summed E-state index contributed by atoms with van der Waals surface area (Å²) in [5, 5.41) is 8.62. The number of esters is 1. The van der Waals surface area contributed by atoms with Crippen molar-refractivity contribution in [3.8, 4) is 0 Å². The fourth-order valence-electron chi connectivity index (χ4n) is 3.39. The van der Waals surface area contributed by atoms with E-state index in [0.717, 1.165) is 11.5 Å². The third-order valence-electron chi connectivity index (χ3n) is 5.23. The van der Waals surface area contributed by atoms with Crippen LogP contribution in [0.3, 0.4) is 0 Å². The monoisotopic (exact) mass is 416 g/mol. The highest BCUT2D eigenvalue weighted by molar-refractivity contribution is 7.89. The molecule has 0 unspecified atom stereocenters. The summed E-state index contributed by atoms with van der Waals surface area (Å²) in [6.45, 7) is 3.84. The fraction of sp³-hybridized carbons (Fsp3) is 0.450. The Morgan fingerprint density at radius 2 is 1.72 bits per heavy atom. The molecule has 1 aromatic heterocycles. The van der Waals surface area contributed by atoms with Gasteiger partial charge in [-0.3, -0.25) is 0 Å². The lowest BCUT2D eigenvalue weighted by molar-refractivity contribution is 0.0526. The first kappa shape index (κ1) is 19.8. The van der Waals surface area contributed by atoms with E-state index in [2.05, 4.69) is 15.1 Å². The van der Waals surface area contributed by atoms with Crippen LogP contribution in [0.25, 0.3) is 0 Å². The summed E-state index contributed by atoms with van der Waals surface area (Å²) < 4.78 is 32.3. The first-order chi connectivity index (χ1) is 14.0. The number of nitrogens with zero attached hydrogens (tertiary/aromatic N) is 4. The third kappa shape index (κ3) is 4.25. The van der Waals surface area contributed by atoms with Crippen LogP contribution in [-0.4, -0.2) is 61.7 Å². The van der Waals surface area contributed by atoms with Gasteiger partial charge in [0.2, 0.25) is 10.0 Å². The summed E-state index contributed by atoms with van der Waals surface area (Å²) in [4.78, 5) is 14.0. The largest absolute Gasteiger partial charge is 0.462 e. The molecule has 1 aliphatic carbocycles. The van der Waals surface area contributed by atoms with Crippen molar-refractivity contribution in [3.63, 3.8) is 0 Å². The normalized spacial score (nSPS) is 17.9. The second-order valence-electron chi connectivity index (χ2n) is 7.23. The summed E-state index contributed by atoms with van der Waals surface area (Å²) in [5.74, 6) is 0.887. The first-order valence-electron chi connectivity index (χ1n) is 9.85. The van der Waals surface area contributed by atoms with Gasteiger partial charge in [-0.15, -0.1) is 5.10 Å². The van der Waals surface area contributed by atoms with Gasteiger partial charge in [0.05, 0.1) is 22.8 Å². The molecule has 29 heavy (non-hydrogen) atoms. The number of rotatable bonds is 6. The van der Waals surface area contributed by atoms with E-state index in [1.165, 1.54) is 41.4 Å². The van der Waals surface area contributed by atoms with Crippen molar-refractivity contribution in [1.29, 1.82) is 0 Å². The molecule has 0 amide bonds. The summed E-state index contributed by atoms with van der Waals surface area (Å²) >= 11 is 0. The molecule has 0 spiro atoms. The van der Waals surface area contributed by atoms with Gasteiger partial charge in [0.1, 0.15) is 0 Å². The molecule has 4 rings (SSSR count). The van der Waals surface area contributed by atoms with Gasteiger partial charge in [0, 0.05) is 32.1 Å². The van der Waals surface area contributed by atoms with E-state index in [4.69, 9.17) is 4.74 Å². The van der Waals surface area contributed by atoms with Gasteiger partial charge in [-0.1, -0.05) is 0 Å². The average Bonchev–Trinajstić information content (AvgIpc) is 3.60. The van der Waals surface area contributed by atoms with Crippen molar-refractivity contribution in [1.82, 2.24) is 14.5 Å². The number of benzene rings is 1. The zero-order valence-corrected chi connectivity index (χ0v) is 17.1. The van der Waals surface area contributed by atoms with E-state index in [1.807, 2.05) is 12.1 Å². The van der Waals surface area contributed by atoms with Gasteiger partial charge in [0.15, 0.2) is 5.82 Å². The molecule has 8 nitrogen and oxygen atoms in total. The van der Waals surface area contributed by atoms with Crippen LogP contribution >= 0.6 is 0 Å². The van der Waals surface area contributed by atoms with Crippen molar-refractivity contribution in [2.45, 2.75) is 30.6 Å². The van der Waals surface area contributed by atoms with Crippen LogP contribution in [0.1, 0.15) is 41.7 Å². The van der Waals surface area contributed by atoms with Crippen LogP contribution in [0, 0.1) is 0 Å². The van der Waals surface area contributed by atoms with Gasteiger partial charge in [-0.25, -0.2) is 13.2 Å². The van der Waals surface area contributed by atoms with Gasteiger partial charge >= 0.3 is 5.97 Å². The Balaban J connectivity index is 1.39. The molecular weight excluding hydrogens is 392 g/mol. The minimum Gasteiger partial charge on any atom is -0.462 e. The lowest BCUT2D eigenvalue weighted by atomic mass is 10.2. The lowest BCUT2D eigenvalue weighted by Gasteiger charge is -2.34. The van der Waals surface area contributed by atoms with Gasteiger partial charge in [-0.05, 0) is 56.2 Å². The molecule has 2 heterocycles. The smallest absolute Gasteiger partial charge is 0.338 e. The van der Waals surface area contributed by atoms with Crippen LogP contribution in [-0.2, 0) is 14.8 Å². The summed E-state index contributed by atoms with van der Waals surface area (Å²) in [5.41, 5.74) is 1.38. The van der Waals surface area contributed by atoms with Crippen LogP contribution < -0.4 is 4.90 Å². The van der Waals surface area contributed by atoms with E-state index in [1.54, 1.807) is 6.92 Å². The number of anilines is 1. The van der Waals surface area contributed by atoms with Crippen molar-refractivity contribution in [3.05, 3.63) is 47.7 Å². The molecule has 2 aromatic rings. The Labute approximate surface area is 170 Å². The second-order valence-corrected chi connectivity index (χ2v) is 9.16. The minimum atomic E-state index is -3.61. The standard InChI is InChI=1S/C20H24N4O4S/c1-2-28-20(25)16-5-7-17(8-6-16)29(26,27)24-13-11-23(12-14-24)19-10-9-18(21-22-19)15-3-4-15/h5-10,15H,2-4,11-14H2,1H3. The highest BCUT2D eigenvalue weighted by Crippen LogP contribution is 2.38. The van der Waals surface area contributed by atoms with Crippen LogP contribution in [0.5, 0.6) is 0 Å². The summed E-state index contributed by atoms with van der Waals surface area (Å²) in [7, 11) is -3.61. The zero-order chi connectivity index (χ0) is 20.4. The Kier molecular flexibility index (Phi) is 5.51. The van der Waals surface area contributed by atoms with Gasteiger partial charge in [0.25, 0.3) is 0 Å². The first-order valence-corrected chi connectivity index (χ1v) is 11.3. The Hall–Kier alpha value is -2.52. The zero-order valence-electron chi connectivity index (χ0n) is 16.3. The molecule has 1 aliphatic heterocycles. The molecule has 0 bridgehead atoms. The molecule has 1 saturated heterocycles. The topological polar surface area (TPSA) is 92.7 Å². The number of hydrogen-bond donors (Lipinski definition) is 0. The van der Waals surface area contributed by atoms with Gasteiger partial charge in [-0.2, -0.15) is 9.40 Å². The fourth-order valence-corrected chi connectivity index (χ4v) is 4.81. The van der Waals surface area contributed by atoms with E-state index < -0.39 is 16.0 Å². The predicted octanol–water partition coefficient (Wildman–Crippen LogP) is 2.04. The van der Waals surface area contributed by atoms with Crippen LogP contribution in [0.15, 0.2) is 41.3 Å². The number of carbonyl (C=O) groups excluding carboxylic acids is 1. The van der Waals surface area contributed by atoms with Crippen molar-refractivity contribution >= 4 is 21.8 Å². The Morgan fingerprint density at radius 1 is 1.03 bits per heavy atom. The second kappa shape index (κ2) is 8.08. The molecule has 0 atom stereocenters. The molecule has 2 aliphatic rings. The lowest BCUT2D eigenvalue weighted by Crippen LogP contribution is -2.49. The summed E-state index contributed by atoms with van der Waals surface area (Å²) in [6.07, 6.45) is 2.37. The molecule has 1 saturated carbocycles. The maximum absolute atomic E-state index is 12.9. The molecular formula is C20H24N4O4S. The Bertz CT molecular complexity index is 965. The molecule has 154 valence electrons. The molecule has 0 radical (unpaired) electrons. The molecule has 9 heteroatoms. The SMILES string of the molecule is CCOC(=O)c1ccc(S(=O)(=O)N2CCN(c3ccc(C4CC4)nn3)CC2)cc1. The number of hydrogen-bond acceptors (Lipinski definition) is 7.